The predicted octanol–water partition coefficient (Wildman–Crippen LogP) is 4.21. The standard InChI is InChI=1S/C19H18ClN3OS2/c1-12-15-4-2-3-5-16(15)26-17(12)18(24)22-23-19(25)21-11-10-13-6-8-14(20)9-7-13/h2-9H,10-11H2,1H3,(H,22,24)(H2,21,23,25). The van der Waals surface area contributed by atoms with Crippen LogP contribution in [0, 0.1) is 6.92 Å². The van der Waals surface area contributed by atoms with Crippen LogP contribution in [0.25, 0.3) is 10.1 Å². The highest BCUT2D eigenvalue weighted by Gasteiger charge is 2.15. The second-order valence-corrected chi connectivity index (χ2v) is 7.66. The van der Waals surface area contributed by atoms with E-state index in [0.717, 1.165) is 32.7 Å². The summed E-state index contributed by atoms with van der Waals surface area (Å²) >= 11 is 12.5. The van der Waals surface area contributed by atoms with Crippen LogP contribution in [0.15, 0.2) is 48.5 Å². The maximum absolute atomic E-state index is 12.4. The summed E-state index contributed by atoms with van der Waals surface area (Å²) < 4.78 is 1.10. The van der Waals surface area contributed by atoms with E-state index in [9.17, 15) is 4.79 Å². The van der Waals surface area contributed by atoms with Crippen LogP contribution in [-0.4, -0.2) is 17.6 Å². The molecule has 134 valence electrons. The highest BCUT2D eigenvalue weighted by atomic mass is 35.5. The lowest BCUT2D eigenvalue weighted by Gasteiger charge is -2.11. The average Bonchev–Trinajstić information content (AvgIpc) is 2.98. The van der Waals surface area contributed by atoms with Crippen molar-refractivity contribution in [2.45, 2.75) is 13.3 Å². The third kappa shape index (κ3) is 4.52. The number of hydrogen-bond acceptors (Lipinski definition) is 3. The van der Waals surface area contributed by atoms with Gasteiger partial charge >= 0.3 is 0 Å². The Hall–Kier alpha value is -2.15. The molecule has 0 aliphatic heterocycles. The Balaban J connectivity index is 1.48. The number of thiophene rings is 1. The number of benzene rings is 2. The van der Waals surface area contributed by atoms with Crippen molar-refractivity contribution >= 4 is 56.3 Å². The number of fused-ring (bicyclic) bond motifs is 1. The van der Waals surface area contributed by atoms with Gasteiger partial charge in [-0.3, -0.25) is 15.6 Å². The Kier molecular flexibility index (Phi) is 6.08. The molecule has 0 radical (unpaired) electrons. The molecular formula is C19H18ClN3OS2. The largest absolute Gasteiger partial charge is 0.361 e. The molecular weight excluding hydrogens is 386 g/mol. The zero-order valence-corrected chi connectivity index (χ0v) is 16.5. The summed E-state index contributed by atoms with van der Waals surface area (Å²) in [4.78, 5) is 13.1. The molecule has 4 nitrogen and oxygen atoms in total. The number of nitrogens with one attached hydrogen (secondary N) is 3. The first-order chi connectivity index (χ1) is 12.5. The van der Waals surface area contributed by atoms with Gasteiger partial charge in [-0.25, -0.2) is 0 Å². The second-order valence-electron chi connectivity index (χ2n) is 5.76. The smallest absolute Gasteiger partial charge is 0.280 e. The zero-order valence-electron chi connectivity index (χ0n) is 14.1. The molecule has 0 bridgehead atoms. The molecule has 1 aromatic heterocycles. The lowest BCUT2D eigenvalue weighted by atomic mass is 10.1. The molecule has 3 N–H and O–H groups in total. The van der Waals surface area contributed by atoms with Crippen molar-refractivity contribution < 1.29 is 4.79 Å². The third-order valence-electron chi connectivity index (χ3n) is 3.95. The van der Waals surface area contributed by atoms with Gasteiger partial charge in [0.2, 0.25) is 0 Å². The zero-order chi connectivity index (χ0) is 18.5. The first-order valence-electron chi connectivity index (χ1n) is 8.11. The topological polar surface area (TPSA) is 53.2 Å². The SMILES string of the molecule is Cc1c(C(=O)NNC(=S)NCCc2ccc(Cl)cc2)sc2ccccc12. The fraction of sp³-hybridized carbons (Fsp3) is 0.158. The lowest BCUT2D eigenvalue weighted by molar-refractivity contribution is 0.0947. The summed E-state index contributed by atoms with van der Waals surface area (Å²) in [5.41, 5.74) is 7.55. The van der Waals surface area contributed by atoms with Crippen LogP contribution < -0.4 is 16.2 Å². The minimum atomic E-state index is -0.189. The Labute approximate surface area is 166 Å². The number of amides is 1. The monoisotopic (exact) mass is 403 g/mol. The molecule has 3 rings (SSSR count). The molecule has 0 fully saturated rings. The van der Waals surface area contributed by atoms with Crippen LogP contribution in [0.5, 0.6) is 0 Å². The first kappa shape index (κ1) is 18.6. The molecule has 0 saturated carbocycles. The van der Waals surface area contributed by atoms with Gasteiger partial charge in [0.15, 0.2) is 5.11 Å². The Morgan fingerprint density at radius 3 is 2.58 bits per heavy atom. The summed E-state index contributed by atoms with van der Waals surface area (Å²) in [6.45, 7) is 2.61. The molecule has 0 saturated heterocycles. The van der Waals surface area contributed by atoms with Gasteiger partial charge in [0.05, 0.1) is 4.88 Å². The first-order valence-corrected chi connectivity index (χ1v) is 9.71. The van der Waals surface area contributed by atoms with Gasteiger partial charge in [0.1, 0.15) is 0 Å². The number of hydrogen-bond donors (Lipinski definition) is 3. The molecule has 1 amide bonds. The molecule has 26 heavy (non-hydrogen) atoms. The molecule has 0 unspecified atom stereocenters. The van der Waals surface area contributed by atoms with Gasteiger partial charge in [0, 0.05) is 16.3 Å². The number of carbonyl (C=O) groups excluding carboxylic acids is 1. The van der Waals surface area contributed by atoms with E-state index < -0.39 is 0 Å². The number of thiocarbonyl (C=S) groups is 1. The highest BCUT2D eigenvalue weighted by molar-refractivity contribution is 7.80. The Morgan fingerprint density at radius 2 is 1.85 bits per heavy atom. The van der Waals surface area contributed by atoms with Crippen molar-refractivity contribution in [3.05, 3.63) is 69.6 Å². The van der Waals surface area contributed by atoms with E-state index in [1.807, 2.05) is 55.5 Å². The maximum atomic E-state index is 12.4. The molecule has 0 aliphatic carbocycles. The van der Waals surface area contributed by atoms with Gasteiger partial charge in [-0.05, 0) is 60.3 Å². The number of halogens is 1. The van der Waals surface area contributed by atoms with Crippen LogP contribution in [0.1, 0.15) is 20.8 Å². The maximum Gasteiger partial charge on any atom is 0.280 e. The van der Waals surface area contributed by atoms with Crippen LogP contribution in [0.4, 0.5) is 0 Å². The van der Waals surface area contributed by atoms with Crippen molar-refractivity contribution in [3.8, 4) is 0 Å². The Morgan fingerprint density at radius 1 is 1.12 bits per heavy atom. The minimum Gasteiger partial charge on any atom is -0.361 e. The fourth-order valence-corrected chi connectivity index (χ4v) is 3.96. The summed E-state index contributed by atoms with van der Waals surface area (Å²) in [6, 6.07) is 15.7. The molecule has 3 aromatic rings. The van der Waals surface area contributed by atoms with E-state index in [-0.39, 0.29) is 5.91 Å². The number of carbonyl (C=O) groups is 1. The molecule has 1 heterocycles. The van der Waals surface area contributed by atoms with Crippen molar-refractivity contribution in [2.24, 2.45) is 0 Å². The van der Waals surface area contributed by atoms with Crippen molar-refractivity contribution in [3.63, 3.8) is 0 Å². The van der Waals surface area contributed by atoms with E-state index in [1.54, 1.807) is 0 Å². The van der Waals surface area contributed by atoms with Crippen molar-refractivity contribution in [1.29, 1.82) is 0 Å². The fourth-order valence-electron chi connectivity index (χ4n) is 2.58. The normalized spacial score (nSPS) is 10.5. The van der Waals surface area contributed by atoms with Crippen LogP contribution in [-0.2, 0) is 6.42 Å². The summed E-state index contributed by atoms with van der Waals surface area (Å²) in [5, 5.41) is 5.27. The summed E-state index contributed by atoms with van der Waals surface area (Å²) in [6.07, 6.45) is 0.808. The number of hydrazine groups is 1. The van der Waals surface area contributed by atoms with Gasteiger partial charge in [-0.2, -0.15) is 0 Å². The van der Waals surface area contributed by atoms with E-state index in [1.165, 1.54) is 11.3 Å². The van der Waals surface area contributed by atoms with Crippen LogP contribution in [0.3, 0.4) is 0 Å². The summed E-state index contributed by atoms with van der Waals surface area (Å²) in [7, 11) is 0. The van der Waals surface area contributed by atoms with Gasteiger partial charge < -0.3 is 5.32 Å². The van der Waals surface area contributed by atoms with Crippen LogP contribution >= 0.6 is 35.2 Å². The van der Waals surface area contributed by atoms with E-state index in [0.29, 0.717) is 16.5 Å². The lowest BCUT2D eigenvalue weighted by Crippen LogP contribution is -2.47. The highest BCUT2D eigenvalue weighted by Crippen LogP contribution is 2.30. The van der Waals surface area contributed by atoms with Gasteiger partial charge in [0.25, 0.3) is 5.91 Å². The van der Waals surface area contributed by atoms with Gasteiger partial charge in [-0.15, -0.1) is 11.3 Å². The molecule has 0 spiro atoms. The quantitative estimate of drug-likeness (QED) is 0.451. The number of rotatable bonds is 4. The molecule has 2 aromatic carbocycles. The minimum absolute atomic E-state index is 0.189. The van der Waals surface area contributed by atoms with E-state index in [4.69, 9.17) is 23.8 Å². The third-order valence-corrected chi connectivity index (χ3v) is 5.72. The van der Waals surface area contributed by atoms with Crippen LogP contribution in [0.2, 0.25) is 5.02 Å². The predicted molar refractivity (Wildman–Crippen MR) is 113 cm³/mol. The van der Waals surface area contributed by atoms with Crippen molar-refractivity contribution in [2.75, 3.05) is 6.54 Å². The van der Waals surface area contributed by atoms with Crippen molar-refractivity contribution in [1.82, 2.24) is 16.2 Å². The average molecular weight is 404 g/mol. The van der Waals surface area contributed by atoms with E-state index >= 15 is 0 Å². The molecule has 0 atom stereocenters. The molecule has 7 heteroatoms. The Bertz CT molecular complexity index is 938. The van der Waals surface area contributed by atoms with Gasteiger partial charge in [-0.1, -0.05) is 41.9 Å². The summed E-state index contributed by atoms with van der Waals surface area (Å²) in [5.74, 6) is -0.189. The van der Waals surface area contributed by atoms with E-state index in [2.05, 4.69) is 16.2 Å². The molecule has 0 aliphatic rings. The number of aryl methyl sites for hydroxylation is 1. The second kappa shape index (κ2) is 8.49.